The highest BCUT2D eigenvalue weighted by atomic mass is 19.3. The number of hydrogen-bond donors (Lipinski definition) is 1. The van der Waals surface area contributed by atoms with E-state index in [1.807, 2.05) is 4.90 Å². The number of carbonyl (C=O) groups is 1. The number of ketones is 1. The Morgan fingerprint density at radius 3 is 2.52 bits per heavy atom. The van der Waals surface area contributed by atoms with E-state index >= 15 is 0 Å². The number of likely N-dealkylation sites (tertiary alicyclic amines) is 1. The molecule has 2 rings (SSSR count). The molecule has 2 N–H and O–H groups in total. The molecule has 0 atom stereocenters. The average molecular weight is 326 g/mol. The van der Waals surface area contributed by atoms with Gasteiger partial charge in [0.15, 0.2) is 5.78 Å². The molecule has 0 unspecified atom stereocenters. The van der Waals surface area contributed by atoms with E-state index in [1.165, 1.54) is 6.92 Å². The maximum atomic E-state index is 13.3. The first-order valence-corrected chi connectivity index (χ1v) is 7.96. The van der Waals surface area contributed by atoms with Crippen molar-refractivity contribution < 1.29 is 13.6 Å². The van der Waals surface area contributed by atoms with Crippen LogP contribution in [0.2, 0.25) is 0 Å². The summed E-state index contributed by atoms with van der Waals surface area (Å²) in [5.41, 5.74) is 8.55. The molecule has 0 aromatic carbocycles. The Hall–Kier alpha value is -1.79. The van der Waals surface area contributed by atoms with E-state index in [9.17, 15) is 13.6 Å². The predicted octanol–water partition coefficient (Wildman–Crippen LogP) is 2.17. The molecule has 7 heteroatoms. The van der Waals surface area contributed by atoms with Crippen LogP contribution in [-0.2, 0) is 4.79 Å². The molecule has 1 aliphatic carbocycles. The van der Waals surface area contributed by atoms with Gasteiger partial charge in [-0.05, 0) is 31.8 Å². The third-order valence-corrected chi connectivity index (χ3v) is 4.25. The lowest BCUT2D eigenvalue weighted by molar-refractivity contribution is -0.115. The smallest absolute Gasteiger partial charge is 0.251 e. The Morgan fingerprint density at radius 2 is 1.96 bits per heavy atom. The minimum absolute atomic E-state index is 0.00460. The van der Waals surface area contributed by atoms with Gasteiger partial charge in [-0.1, -0.05) is 0 Å². The third kappa shape index (κ3) is 4.36. The third-order valence-electron chi connectivity index (χ3n) is 4.25. The fraction of sp³-hybridized carbons (Fsp3) is 0.688. The van der Waals surface area contributed by atoms with E-state index in [-0.39, 0.29) is 38.3 Å². The minimum Gasteiger partial charge on any atom is -0.395 e. The second kappa shape index (κ2) is 7.19. The standard InChI is InChI=1S/C16H24F2N4O/c1-11(23)10-21-13-5-3-4-12(13)14(19)15(20-2)22-8-6-16(17,18)7-9-22/h3-10,19H2,1-2H3/b14-12-,20-15?,21-13?. The summed E-state index contributed by atoms with van der Waals surface area (Å²) in [6, 6.07) is 0. The number of rotatable bonds is 3. The van der Waals surface area contributed by atoms with E-state index in [2.05, 4.69) is 9.98 Å². The zero-order valence-electron chi connectivity index (χ0n) is 13.7. The van der Waals surface area contributed by atoms with Gasteiger partial charge in [-0.25, -0.2) is 8.78 Å². The van der Waals surface area contributed by atoms with Crippen LogP contribution in [-0.4, -0.2) is 54.8 Å². The number of piperidine rings is 1. The Bertz CT molecular complexity index is 556. The minimum atomic E-state index is -2.60. The molecule has 0 spiro atoms. The zero-order chi connectivity index (χ0) is 17.0. The number of alkyl halides is 2. The van der Waals surface area contributed by atoms with Crippen molar-refractivity contribution >= 4 is 17.3 Å². The molecular weight excluding hydrogens is 302 g/mol. The van der Waals surface area contributed by atoms with Crippen molar-refractivity contribution in [2.45, 2.75) is 45.0 Å². The molecule has 1 heterocycles. The van der Waals surface area contributed by atoms with Crippen molar-refractivity contribution in [2.24, 2.45) is 15.7 Å². The van der Waals surface area contributed by atoms with E-state index in [0.29, 0.717) is 11.5 Å². The van der Waals surface area contributed by atoms with Crippen LogP contribution in [0.4, 0.5) is 8.78 Å². The molecule has 23 heavy (non-hydrogen) atoms. The molecule has 0 radical (unpaired) electrons. The van der Waals surface area contributed by atoms with Crippen molar-refractivity contribution in [2.75, 3.05) is 26.7 Å². The number of amidine groups is 1. The van der Waals surface area contributed by atoms with Crippen LogP contribution in [0.25, 0.3) is 0 Å². The number of allylic oxidation sites excluding steroid dienone is 1. The van der Waals surface area contributed by atoms with Crippen LogP contribution in [0.1, 0.15) is 39.0 Å². The Morgan fingerprint density at radius 1 is 1.30 bits per heavy atom. The second-order valence-corrected chi connectivity index (χ2v) is 6.10. The normalized spacial score (nSPS) is 25.8. The molecule has 1 saturated carbocycles. The molecule has 0 bridgehead atoms. The predicted molar refractivity (Wildman–Crippen MR) is 87.2 cm³/mol. The number of nitrogens with zero attached hydrogens (tertiary/aromatic N) is 3. The van der Waals surface area contributed by atoms with Gasteiger partial charge in [-0.2, -0.15) is 0 Å². The van der Waals surface area contributed by atoms with Gasteiger partial charge in [-0.15, -0.1) is 0 Å². The SMILES string of the molecule is CN=C(/C(N)=C1\CCCC1=NCC(C)=O)N1CCC(F)(F)CC1. The summed E-state index contributed by atoms with van der Waals surface area (Å²) in [4.78, 5) is 21.5. The van der Waals surface area contributed by atoms with Crippen LogP contribution < -0.4 is 5.73 Å². The number of halogens is 2. The maximum absolute atomic E-state index is 13.3. The Labute approximate surface area is 135 Å². The number of hydrogen-bond acceptors (Lipinski definition) is 4. The topological polar surface area (TPSA) is 71.0 Å². The van der Waals surface area contributed by atoms with E-state index in [1.54, 1.807) is 7.05 Å². The Kier molecular flexibility index (Phi) is 5.49. The molecule has 2 aliphatic rings. The van der Waals surface area contributed by atoms with Crippen molar-refractivity contribution in [3.63, 3.8) is 0 Å². The van der Waals surface area contributed by atoms with Gasteiger partial charge in [-0.3, -0.25) is 14.8 Å². The summed E-state index contributed by atoms with van der Waals surface area (Å²) < 4.78 is 26.6. The summed E-state index contributed by atoms with van der Waals surface area (Å²) in [5.74, 6) is -2.03. The molecule has 2 fully saturated rings. The first kappa shape index (κ1) is 17.6. The highest BCUT2D eigenvalue weighted by molar-refractivity contribution is 6.10. The van der Waals surface area contributed by atoms with E-state index in [4.69, 9.17) is 5.73 Å². The molecule has 0 amide bonds. The van der Waals surface area contributed by atoms with Gasteiger partial charge in [0, 0.05) is 38.7 Å². The molecule has 0 aromatic heterocycles. The molecular formula is C16H24F2N4O. The summed E-state index contributed by atoms with van der Waals surface area (Å²) in [5, 5.41) is 0. The van der Waals surface area contributed by atoms with Crippen LogP contribution in [0.15, 0.2) is 21.3 Å². The lowest BCUT2D eigenvalue weighted by atomic mass is 10.0. The second-order valence-electron chi connectivity index (χ2n) is 6.10. The van der Waals surface area contributed by atoms with Gasteiger partial charge in [0.05, 0.1) is 12.2 Å². The largest absolute Gasteiger partial charge is 0.395 e. The van der Waals surface area contributed by atoms with Crippen LogP contribution >= 0.6 is 0 Å². The molecule has 128 valence electrons. The molecule has 1 aliphatic heterocycles. The van der Waals surface area contributed by atoms with E-state index < -0.39 is 5.92 Å². The first-order valence-electron chi connectivity index (χ1n) is 7.96. The molecule has 1 saturated heterocycles. The van der Waals surface area contributed by atoms with Gasteiger partial charge >= 0.3 is 0 Å². The van der Waals surface area contributed by atoms with Crippen LogP contribution in [0.5, 0.6) is 0 Å². The Balaban J connectivity index is 2.20. The number of aliphatic imine (C=N–C) groups is 2. The fourth-order valence-electron chi connectivity index (χ4n) is 3.01. The van der Waals surface area contributed by atoms with Gasteiger partial charge < -0.3 is 10.6 Å². The van der Waals surface area contributed by atoms with Crippen LogP contribution in [0.3, 0.4) is 0 Å². The van der Waals surface area contributed by atoms with Crippen molar-refractivity contribution in [3.8, 4) is 0 Å². The zero-order valence-corrected chi connectivity index (χ0v) is 13.7. The van der Waals surface area contributed by atoms with Crippen molar-refractivity contribution in [1.82, 2.24) is 4.90 Å². The molecule has 5 nitrogen and oxygen atoms in total. The average Bonchev–Trinajstić information content (AvgIpc) is 2.95. The fourth-order valence-corrected chi connectivity index (χ4v) is 3.01. The monoisotopic (exact) mass is 326 g/mol. The number of Topliss-reactive ketones (excluding diaryl/α,β-unsaturated/α-hetero) is 1. The summed E-state index contributed by atoms with van der Waals surface area (Å²) in [6.07, 6.45) is 2.14. The lowest BCUT2D eigenvalue weighted by Gasteiger charge is -2.34. The molecule has 0 aromatic rings. The highest BCUT2D eigenvalue weighted by Gasteiger charge is 2.35. The highest BCUT2D eigenvalue weighted by Crippen LogP contribution is 2.30. The first-order chi connectivity index (χ1) is 10.8. The van der Waals surface area contributed by atoms with Gasteiger partial charge in [0.2, 0.25) is 0 Å². The summed E-state index contributed by atoms with van der Waals surface area (Å²) >= 11 is 0. The van der Waals surface area contributed by atoms with E-state index in [0.717, 1.165) is 30.5 Å². The van der Waals surface area contributed by atoms with Crippen molar-refractivity contribution in [1.29, 1.82) is 0 Å². The van der Waals surface area contributed by atoms with Crippen LogP contribution in [0, 0.1) is 0 Å². The number of nitrogens with two attached hydrogens (primary N) is 1. The summed E-state index contributed by atoms with van der Waals surface area (Å²) in [7, 11) is 1.62. The maximum Gasteiger partial charge on any atom is 0.251 e. The van der Waals surface area contributed by atoms with Gasteiger partial charge in [0.25, 0.3) is 5.92 Å². The van der Waals surface area contributed by atoms with Gasteiger partial charge in [0.1, 0.15) is 5.84 Å². The quantitative estimate of drug-likeness (QED) is 0.638. The van der Waals surface area contributed by atoms with Crippen molar-refractivity contribution in [3.05, 3.63) is 11.3 Å². The summed E-state index contributed by atoms with van der Waals surface area (Å²) in [6.45, 7) is 2.14. The lowest BCUT2D eigenvalue weighted by Crippen LogP contribution is -2.44. The number of carbonyl (C=O) groups excluding carboxylic acids is 1.